The molecule has 2 heterocycles. The van der Waals surface area contributed by atoms with Crippen molar-refractivity contribution in [3.63, 3.8) is 0 Å². The average Bonchev–Trinajstić information content (AvgIpc) is 2.76. The predicted molar refractivity (Wildman–Crippen MR) is 63.2 cm³/mol. The first-order chi connectivity index (χ1) is 7.75. The molecule has 0 atom stereocenters. The fourth-order valence-electron chi connectivity index (χ4n) is 1.81. The van der Waals surface area contributed by atoms with Gasteiger partial charge in [0.25, 0.3) is 0 Å². The van der Waals surface area contributed by atoms with Crippen LogP contribution in [0.25, 0.3) is 0 Å². The van der Waals surface area contributed by atoms with Crippen LogP contribution in [-0.4, -0.2) is 23.0 Å². The predicted octanol–water partition coefficient (Wildman–Crippen LogP) is 2.15. The minimum absolute atomic E-state index is 0.218. The van der Waals surface area contributed by atoms with Crippen LogP contribution in [0.5, 0.6) is 0 Å². The summed E-state index contributed by atoms with van der Waals surface area (Å²) in [4.78, 5) is 10.2. The number of hydrazine groups is 1. The summed E-state index contributed by atoms with van der Waals surface area (Å²) in [6.45, 7) is 2.84. The molecule has 1 aliphatic heterocycles. The zero-order chi connectivity index (χ0) is 11.4. The van der Waals surface area contributed by atoms with Crippen molar-refractivity contribution in [1.82, 2.24) is 10.4 Å². The van der Waals surface area contributed by atoms with E-state index < -0.39 is 0 Å². The summed E-state index contributed by atoms with van der Waals surface area (Å²) in [7, 11) is 0. The summed E-state index contributed by atoms with van der Waals surface area (Å²) >= 11 is 1.19. The first-order valence-corrected chi connectivity index (χ1v) is 6.34. The standard InChI is InChI=1S/C10H15N3O2S/c14-13(15)10-6-9(8-16-10)7-11-12-4-2-1-3-5-12/h6,8,11H,1-5,7H2. The second-order valence-electron chi connectivity index (χ2n) is 3.93. The Morgan fingerprint density at radius 3 is 2.81 bits per heavy atom. The van der Waals surface area contributed by atoms with Crippen LogP contribution in [0.3, 0.4) is 0 Å². The van der Waals surface area contributed by atoms with Crippen molar-refractivity contribution in [2.24, 2.45) is 0 Å². The Balaban J connectivity index is 1.81. The van der Waals surface area contributed by atoms with Gasteiger partial charge in [0.05, 0.1) is 4.92 Å². The van der Waals surface area contributed by atoms with Crippen molar-refractivity contribution in [2.75, 3.05) is 13.1 Å². The third-order valence-corrected chi connectivity index (χ3v) is 3.61. The molecule has 0 aliphatic carbocycles. The van der Waals surface area contributed by atoms with E-state index in [1.54, 1.807) is 6.07 Å². The van der Waals surface area contributed by atoms with Gasteiger partial charge in [-0.3, -0.25) is 15.5 Å². The Kier molecular flexibility index (Phi) is 3.87. The summed E-state index contributed by atoms with van der Waals surface area (Å²) in [5.74, 6) is 0. The van der Waals surface area contributed by atoms with Crippen molar-refractivity contribution < 1.29 is 4.92 Å². The van der Waals surface area contributed by atoms with E-state index in [4.69, 9.17) is 0 Å². The highest BCUT2D eigenvalue weighted by Gasteiger charge is 2.12. The van der Waals surface area contributed by atoms with Gasteiger partial charge >= 0.3 is 5.00 Å². The summed E-state index contributed by atoms with van der Waals surface area (Å²) in [6, 6.07) is 1.64. The Morgan fingerprint density at radius 2 is 2.19 bits per heavy atom. The lowest BCUT2D eigenvalue weighted by Crippen LogP contribution is -2.41. The van der Waals surface area contributed by atoms with Gasteiger partial charge in [0.1, 0.15) is 0 Å². The van der Waals surface area contributed by atoms with Gasteiger partial charge in [0, 0.05) is 31.1 Å². The number of nitrogens with zero attached hydrogens (tertiary/aromatic N) is 2. The Morgan fingerprint density at radius 1 is 1.44 bits per heavy atom. The molecular weight excluding hydrogens is 226 g/mol. The normalized spacial score (nSPS) is 17.5. The molecule has 1 aliphatic rings. The topological polar surface area (TPSA) is 58.4 Å². The number of rotatable bonds is 4. The molecule has 1 aromatic rings. The minimum Gasteiger partial charge on any atom is -0.258 e. The maximum Gasteiger partial charge on any atom is 0.324 e. The number of nitrogens with one attached hydrogen (secondary N) is 1. The highest BCUT2D eigenvalue weighted by Crippen LogP contribution is 2.22. The lowest BCUT2D eigenvalue weighted by Gasteiger charge is -2.26. The van der Waals surface area contributed by atoms with E-state index in [1.807, 2.05) is 5.38 Å². The molecule has 16 heavy (non-hydrogen) atoms. The minimum atomic E-state index is -0.338. The summed E-state index contributed by atoms with van der Waals surface area (Å²) in [5.41, 5.74) is 4.30. The summed E-state index contributed by atoms with van der Waals surface area (Å²) in [6.07, 6.45) is 3.77. The van der Waals surface area contributed by atoms with Gasteiger partial charge in [-0.25, -0.2) is 5.01 Å². The number of nitro groups is 1. The van der Waals surface area contributed by atoms with Gasteiger partial charge < -0.3 is 0 Å². The van der Waals surface area contributed by atoms with Crippen LogP contribution in [0.15, 0.2) is 11.4 Å². The van der Waals surface area contributed by atoms with Crippen LogP contribution in [0.2, 0.25) is 0 Å². The SMILES string of the molecule is O=[N+]([O-])c1cc(CNN2CCCCC2)cs1. The van der Waals surface area contributed by atoms with Crippen molar-refractivity contribution >= 4 is 16.3 Å². The van der Waals surface area contributed by atoms with Crippen molar-refractivity contribution in [1.29, 1.82) is 0 Å². The van der Waals surface area contributed by atoms with E-state index in [-0.39, 0.29) is 9.92 Å². The average molecular weight is 241 g/mol. The molecule has 1 aromatic heterocycles. The highest BCUT2D eigenvalue weighted by molar-refractivity contribution is 7.13. The molecular formula is C10H15N3O2S. The fraction of sp³-hybridized carbons (Fsp3) is 0.600. The third kappa shape index (κ3) is 3.01. The van der Waals surface area contributed by atoms with Gasteiger partial charge in [-0.1, -0.05) is 17.8 Å². The van der Waals surface area contributed by atoms with Crippen LogP contribution >= 0.6 is 11.3 Å². The summed E-state index contributed by atoms with van der Waals surface area (Å²) < 4.78 is 0. The maximum absolute atomic E-state index is 10.5. The molecule has 0 spiro atoms. The summed E-state index contributed by atoms with van der Waals surface area (Å²) in [5, 5.41) is 14.8. The molecule has 0 saturated carbocycles. The van der Waals surface area contributed by atoms with Gasteiger partial charge in [0.2, 0.25) is 0 Å². The molecule has 6 heteroatoms. The van der Waals surface area contributed by atoms with E-state index in [1.165, 1.54) is 30.6 Å². The van der Waals surface area contributed by atoms with Crippen molar-refractivity contribution in [2.45, 2.75) is 25.8 Å². The molecule has 0 bridgehead atoms. The van der Waals surface area contributed by atoms with E-state index >= 15 is 0 Å². The van der Waals surface area contributed by atoms with Crippen molar-refractivity contribution in [3.05, 3.63) is 27.1 Å². The van der Waals surface area contributed by atoms with Crippen LogP contribution in [0.4, 0.5) is 5.00 Å². The molecule has 88 valence electrons. The molecule has 1 saturated heterocycles. The Hall–Kier alpha value is -0.980. The largest absolute Gasteiger partial charge is 0.324 e. The monoisotopic (exact) mass is 241 g/mol. The van der Waals surface area contributed by atoms with Crippen LogP contribution in [-0.2, 0) is 6.54 Å². The molecule has 1 N–H and O–H groups in total. The Bertz CT molecular complexity index is 361. The van der Waals surface area contributed by atoms with E-state index in [0.29, 0.717) is 6.54 Å². The quantitative estimate of drug-likeness (QED) is 0.648. The van der Waals surface area contributed by atoms with Crippen molar-refractivity contribution in [3.8, 4) is 0 Å². The first kappa shape index (κ1) is 11.5. The number of thiophene rings is 1. The number of piperidine rings is 1. The number of hydrogen-bond donors (Lipinski definition) is 1. The van der Waals surface area contributed by atoms with E-state index in [9.17, 15) is 10.1 Å². The van der Waals surface area contributed by atoms with Crippen LogP contribution < -0.4 is 5.43 Å². The van der Waals surface area contributed by atoms with Gasteiger partial charge in [-0.05, 0) is 18.4 Å². The molecule has 2 rings (SSSR count). The highest BCUT2D eigenvalue weighted by atomic mass is 32.1. The Labute approximate surface area is 98.2 Å². The fourth-order valence-corrected chi connectivity index (χ4v) is 2.54. The molecule has 0 radical (unpaired) electrons. The maximum atomic E-state index is 10.5. The smallest absolute Gasteiger partial charge is 0.258 e. The lowest BCUT2D eigenvalue weighted by atomic mass is 10.2. The van der Waals surface area contributed by atoms with Gasteiger partial charge in [-0.15, -0.1) is 0 Å². The van der Waals surface area contributed by atoms with Crippen LogP contribution in [0, 0.1) is 10.1 Å². The number of hydrogen-bond acceptors (Lipinski definition) is 5. The van der Waals surface area contributed by atoms with E-state index in [0.717, 1.165) is 18.7 Å². The zero-order valence-corrected chi connectivity index (χ0v) is 9.83. The van der Waals surface area contributed by atoms with Crippen LogP contribution in [0.1, 0.15) is 24.8 Å². The van der Waals surface area contributed by atoms with E-state index in [2.05, 4.69) is 10.4 Å². The third-order valence-electron chi connectivity index (χ3n) is 2.68. The molecule has 0 unspecified atom stereocenters. The van der Waals surface area contributed by atoms with Gasteiger partial charge in [0.15, 0.2) is 0 Å². The second kappa shape index (κ2) is 5.38. The second-order valence-corrected chi connectivity index (χ2v) is 4.82. The molecule has 1 fully saturated rings. The molecule has 0 amide bonds. The lowest BCUT2D eigenvalue weighted by molar-refractivity contribution is -0.380. The zero-order valence-electron chi connectivity index (χ0n) is 9.02. The first-order valence-electron chi connectivity index (χ1n) is 5.46. The van der Waals surface area contributed by atoms with Gasteiger partial charge in [-0.2, -0.15) is 0 Å². The molecule has 0 aromatic carbocycles. The molecule has 5 nitrogen and oxygen atoms in total.